The molecule has 0 aromatic heterocycles. The van der Waals surface area contributed by atoms with E-state index in [1.807, 2.05) is 43.3 Å². The summed E-state index contributed by atoms with van der Waals surface area (Å²) in [5.41, 5.74) is 7.49. The fourth-order valence-corrected chi connectivity index (χ4v) is 0.772. The van der Waals surface area contributed by atoms with Crippen LogP contribution >= 0.6 is 0 Å². The van der Waals surface area contributed by atoms with Crippen LogP contribution in [0.15, 0.2) is 24.3 Å². The molecule has 0 atom stereocenters. The van der Waals surface area contributed by atoms with Gasteiger partial charge in [-0.25, -0.2) is 0 Å². The van der Waals surface area contributed by atoms with E-state index in [-0.39, 0.29) is 0 Å². The van der Waals surface area contributed by atoms with Crippen molar-refractivity contribution in [3.05, 3.63) is 24.3 Å². The Hall–Kier alpha value is -1.02. The Balaban J connectivity index is 2.89. The first kappa shape index (κ1) is 7.09. The van der Waals surface area contributed by atoms with Gasteiger partial charge in [0.1, 0.15) is 14.1 Å². The zero-order valence-corrected chi connectivity index (χ0v) is 6.33. The fourth-order valence-electron chi connectivity index (χ4n) is 0.772. The molecule has 2 N–H and O–H groups in total. The minimum absolute atomic E-state index is 0.811. The average molecular weight is 136 g/mol. The summed E-state index contributed by atoms with van der Waals surface area (Å²) in [6.07, 6.45) is 0. The normalized spacial score (nSPS) is 10.3. The number of nitrogen functional groups attached to an aromatic ring is 1. The number of nitrogens with zero attached hydrogens (tertiary/aromatic N) is 1. The highest BCUT2D eigenvalue weighted by Gasteiger charge is 2.02. The quantitative estimate of drug-likeness (QED) is 0.458. The summed E-state index contributed by atoms with van der Waals surface area (Å²) in [5, 5.41) is 0. The Kier molecular flexibility index (Phi) is 1.92. The van der Waals surface area contributed by atoms with Crippen molar-refractivity contribution < 1.29 is 0 Å². The summed E-state index contributed by atoms with van der Waals surface area (Å²) in [6.45, 7) is 0. The molecule has 2 nitrogen and oxygen atoms in total. The highest BCUT2D eigenvalue weighted by Crippen LogP contribution is 2.11. The van der Waals surface area contributed by atoms with Crippen molar-refractivity contribution in [3.8, 4) is 0 Å². The van der Waals surface area contributed by atoms with Crippen molar-refractivity contribution in [1.82, 2.24) is 4.90 Å². The van der Waals surface area contributed by atoms with Crippen LogP contribution in [0, 0.1) is 0 Å². The predicted molar refractivity (Wildman–Crippen MR) is 44.5 cm³/mol. The van der Waals surface area contributed by atoms with Crippen LogP contribution in [0.4, 0.5) is 11.4 Å². The van der Waals surface area contributed by atoms with E-state index in [2.05, 4.69) is 0 Å². The van der Waals surface area contributed by atoms with Crippen LogP contribution in [0.1, 0.15) is 0 Å². The van der Waals surface area contributed by atoms with E-state index in [1.165, 1.54) is 5.69 Å². The summed E-state index contributed by atoms with van der Waals surface area (Å²) in [5.74, 6) is 0. The van der Waals surface area contributed by atoms with Crippen molar-refractivity contribution >= 4 is 11.4 Å². The van der Waals surface area contributed by atoms with E-state index >= 15 is 0 Å². The van der Waals surface area contributed by atoms with Gasteiger partial charge in [0.2, 0.25) is 0 Å². The van der Waals surface area contributed by atoms with E-state index in [4.69, 9.17) is 5.73 Å². The van der Waals surface area contributed by atoms with Gasteiger partial charge in [-0.1, -0.05) is 0 Å². The van der Waals surface area contributed by atoms with Gasteiger partial charge < -0.3 is 5.73 Å². The van der Waals surface area contributed by atoms with Crippen LogP contribution < -0.4 is 10.6 Å². The lowest BCUT2D eigenvalue weighted by atomic mass is 10.3. The molecule has 0 bridgehead atoms. The lowest BCUT2D eigenvalue weighted by molar-refractivity contribution is 0.763. The zero-order chi connectivity index (χ0) is 7.56. The second-order valence-corrected chi connectivity index (χ2v) is 2.49. The number of rotatable bonds is 1. The molecule has 0 aliphatic heterocycles. The molecule has 1 rings (SSSR count). The predicted octanol–water partition coefficient (Wildman–Crippen LogP) is 1.30. The first-order valence-corrected chi connectivity index (χ1v) is 3.23. The van der Waals surface area contributed by atoms with E-state index < -0.39 is 0 Å². The van der Waals surface area contributed by atoms with Crippen LogP contribution in [0.2, 0.25) is 0 Å². The third-order valence-electron chi connectivity index (χ3n) is 1.41. The highest BCUT2D eigenvalue weighted by atomic mass is 15.1. The standard InChI is InChI=1S/C8H12N2/c1-10(2)8-5-3-7(9)4-6-8/h3-6H,9H2,1-2H3/q+1. The van der Waals surface area contributed by atoms with Gasteiger partial charge in [0.25, 0.3) is 0 Å². The molecule has 2 heteroatoms. The molecule has 0 heterocycles. The monoisotopic (exact) mass is 136 g/mol. The molecular formula is C8H12N2+. The number of nitrogens with two attached hydrogens (primary N) is 1. The van der Waals surface area contributed by atoms with Crippen molar-refractivity contribution in [2.45, 2.75) is 0 Å². The van der Waals surface area contributed by atoms with E-state index in [9.17, 15) is 0 Å². The van der Waals surface area contributed by atoms with Crippen LogP contribution in [-0.2, 0) is 0 Å². The molecule has 53 valence electrons. The Morgan fingerprint density at radius 3 is 2.00 bits per heavy atom. The molecule has 0 amide bonds. The molecule has 0 aliphatic rings. The molecule has 1 aromatic rings. The molecule has 1 aromatic carbocycles. The number of benzene rings is 1. The molecular weight excluding hydrogens is 124 g/mol. The lowest BCUT2D eigenvalue weighted by Gasteiger charge is -1.98. The second kappa shape index (κ2) is 2.71. The van der Waals surface area contributed by atoms with Crippen molar-refractivity contribution in [1.29, 1.82) is 0 Å². The molecule has 0 saturated carbocycles. The van der Waals surface area contributed by atoms with Crippen molar-refractivity contribution in [2.75, 3.05) is 19.8 Å². The lowest BCUT2D eigenvalue weighted by Crippen LogP contribution is -2.09. The van der Waals surface area contributed by atoms with Crippen LogP contribution in [-0.4, -0.2) is 14.1 Å². The number of hydrogen-bond donors (Lipinski definition) is 1. The third-order valence-corrected chi connectivity index (χ3v) is 1.41. The number of anilines is 2. The van der Waals surface area contributed by atoms with Gasteiger partial charge >= 0.3 is 0 Å². The molecule has 1 radical (unpaired) electrons. The van der Waals surface area contributed by atoms with Gasteiger partial charge in [0.15, 0.2) is 5.69 Å². The van der Waals surface area contributed by atoms with Crippen molar-refractivity contribution in [3.63, 3.8) is 0 Å². The summed E-state index contributed by atoms with van der Waals surface area (Å²) in [6, 6.07) is 7.79. The first-order valence-electron chi connectivity index (χ1n) is 3.23. The van der Waals surface area contributed by atoms with Gasteiger partial charge in [0.05, 0.1) is 0 Å². The SMILES string of the molecule is C[N+](C)c1ccc(N)cc1. The van der Waals surface area contributed by atoms with Gasteiger partial charge in [-0.05, 0) is 12.1 Å². The van der Waals surface area contributed by atoms with Gasteiger partial charge in [0, 0.05) is 17.8 Å². The Morgan fingerprint density at radius 2 is 1.60 bits per heavy atom. The summed E-state index contributed by atoms with van der Waals surface area (Å²) in [4.78, 5) is 2.04. The Labute approximate surface area is 61.3 Å². The fraction of sp³-hybridized carbons (Fsp3) is 0.250. The first-order chi connectivity index (χ1) is 4.70. The zero-order valence-electron chi connectivity index (χ0n) is 6.33. The minimum Gasteiger partial charge on any atom is -0.399 e. The maximum atomic E-state index is 5.51. The molecule has 10 heavy (non-hydrogen) atoms. The molecule has 0 spiro atoms. The van der Waals surface area contributed by atoms with E-state index in [0.717, 1.165) is 5.69 Å². The van der Waals surface area contributed by atoms with E-state index in [1.54, 1.807) is 0 Å². The summed E-state index contributed by atoms with van der Waals surface area (Å²) < 4.78 is 0. The molecule has 0 aliphatic carbocycles. The molecule has 0 unspecified atom stereocenters. The maximum absolute atomic E-state index is 5.51. The minimum atomic E-state index is 0.811. The summed E-state index contributed by atoms with van der Waals surface area (Å²) in [7, 11) is 4.01. The third kappa shape index (κ3) is 1.48. The number of hydrogen-bond acceptors (Lipinski definition) is 2. The molecule has 0 fully saturated rings. The van der Waals surface area contributed by atoms with Gasteiger partial charge in [-0.15, -0.1) is 4.90 Å². The smallest absolute Gasteiger partial charge is 0.180 e. The van der Waals surface area contributed by atoms with Crippen LogP contribution in [0.3, 0.4) is 0 Å². The van der Waals surface area contributed by atoms with Crippen molar-refractivity contribution in [2.24, 2.45) is 0 Å². The summed E-state index contributed by atoms with van der Waals surface area (Å²) >= 11 is 0. The van der Waals surface area contributed by atoms with E-state index in [0.29, 0.717) is 0 Å². The van der Waals surface area contributed by atoms with Gasteiger partial charge in [-0.3, -0.25) is 0 Å². The van der Waals surface area contributed by atoms with Crippen LogP contribution in [0.25, 0.3) is 0 Å². The maximum Gasteiger partial charge on any atom is 0.180 e. The topological polar surface area (TPSA) is 31.9 Å². The van der Waals surface area contributed by atoms with Crippen LogP contribution in [0.5, 0.6) is 0 Å². The van der Waals surface area contributed by atoms with Gasteiger partial charge in [-0.2, -0.15) is 0 Å². The highest BCUT2D eigenvalue weighted by molar-refractivity contribution is 5.48. The largest absolute Gasteiger partial charge is 0.399 e. The average Bonchev–Trinajstić information content (AvgIpc) is 1.88. The Bertz CT molecular complexity index is 201. The second-order valence-electron chi connectivity index (χ2n) is 2.49. The Morgan fingerprint density at radius 1 is 1.10 bits per heavy atom. The molecule has 0 saturated heterocycles.